The van der Waals surface area contributed by atoms with Crippen LogP contribution < -0.4 is 10.6 Å². The van der Waals surface area contributed by atoms with E-state index in [2.05, 4.69) is 24.0 Å². The molecule has 0 radical (unpaired) electrons. The highest BCUT2D eigenvalue weighted by Crippen LogP contribution is 2.39. The maximum Gasteiger partial charge on any atom is 0.147 e. The van der Waals surface area contributed by atoms with E-state index in [-0.39, 0.29) is 11.9 Å². The minimum absolute atomic E-state index is 0.194. The number of fused-ring (bicyclic) bond motifs is 1. The van der Waals surface area contributed by atoms with Crippen LogP contribution in [0.25, 0.3) is 0 Å². The van der Waals surface area contributed by atoms with Gasteiger partial charge in [0.2, 0.25) is 0 Å². The first-order chi connectivity index (χ1) is 10.1. The van der Waals surface area contributed by atoms with Gasteiger partial charge in [-0.15, -0.1) is 0 Å². The first-order valence-electron chi connectivity index (χ1n) is 7.47. The second kappa shape index (κ2) is 5.49. The first-order valence-corrected chi connectivity index (χ1v) is 7.47. The number of rotatable bonds is 2. The number of hydrogen-bond donors (Lipinski definition) is 1. The van der Waals surface area contributed by atoms with E-state index >= 15 is 0 Å². The van der Waals surface area contributed by atoms with Crippen LogP contribution in [-0.4, -0.2) is 6.54 Å². The van der Waals surface area contributed by atoms with Crippen molar-refractivity contribution in [2.45, 2.75) is 26.3 Å². The molecule has 0 amide bonds. The third kappa shape index (κ3) is 2.54. The number of anilines is 2. The van der Waals surface area contributed by atoms with Crippen LogP contribution in [0.1, 0.15) is 31.0 Å². The van der Waals surface area contributed by atoms with E-state index in [1.165, 1.54) is 11.6 Å². The van der Waals surface area contributed by atoms with Gasteiger partial charge in [-0.05, 0) is 42.5 Å². The SMILES string of the molecule is CC1Cc2ccccc2N(c2c(F)cccc2[C@@H](C)N)C1. The van der Waals surface area contributed by atoms with E-state index < -0.39 is 0 Å². The Balaban J connectivity index is 2.17. The van der Waals surface area contributed by atoms with Gasteiger partial charge >= 0.3 is 0 Å². The Kier molecular flexibility index (Phi) is 3.68. The number of nitrogens with zero attached hydrogens (tertiary/aromatic N) is 1. The molecule has 21 heavy (non-hydrogen) atoms. The number of hydrogen-bond acceptors (Lipinski definition) is 2. The molecule has 3 rings (SSSR count). The Morgan fingerprint density at radius 3 is 2.71 bits per heavy atom. The molecule has 1 unspecified atom stereocenters. The highest BCUT2D eigenvalue weighted by atomic mass is 19.1. The molecule has 0 saturated heterocycles. The van der Waals surface area contributed by atoms with E-state index in [0.29, 0.717) is 11.6 Å². The lowest BCUT2D eigenvalue weighted by Crippen LogP contribution is -2.32. The Morgan fingerprint density at radius 2 is 1.95 bits per heavy atom. The maximum atomic E-state index is 14.5. The predicted octanol–water partition coefficient (Wildman–Crippen LogP) is 4.18. The average Bonchev–Trinajstić information content (AvgIpc) is 2.46. The summed E-state index contributed by atoms with van der Waals surface area (Å²) < 4.78 is 14.5. The third-order valence-electron chi connectivity index (χ3n) is 4.12. The number of nitrogens with two attached hydrogens (primary N) is 1. The summed E-state index contributed by atoms with van der Waals surface area (Å²) in [5, 5.41) is 0. The first kappa shape index (κ1) is 14.1. The lowest BCUT2D eigenvalue weighted by atomic mass is 9.92. The molecule has 1 aliphatic heterocycles. The molecule has 0 aromatic heterocycles. The summed E-state index contributed by atoms with van der Waals surface area (Å²) in [6, 6.07) is 13.2. The molecular weight excluding hydrogens is 263 g/mol. The minimum Gasteiger partial charge on any atom is -0.338 e. The lowest BCUT2D eigenvalue weighted by Gasteiger charge is -2.36. The largest absolute Gasteiger partial charge is 0.338 e. The second-order valence-corrected chi connectivity index (χ2v) is 6.01. The molecule has 1 aliphatic rings. The van der Waals surface area contributed by atoms with Crippen molar-refractivity contribution in [1.82, 2.24) is 0 Å². The Hall–Kier alpha value is -1.87. The zero-order valence-electron chi connectivity index (χ0n) is 12.5. The Morgan fingerprint density at radius 1 is 1.19 bits per heavy atom. The molecule has 2 N–H and O–H groups in total. The quantitative estimate of drug-likeness (QED) is 0.896. The van der Waals surface area contributed by atoms with Crippen molar-refractivity contribution in [2.75, 3.05) is 11.4 Å². The van der Waals surface area contributed by atoms with Crippen LogP contribution in [0.4, 0.5) is 15.8 Å². The van der Waals surface area contributed by atoms with Crippen molar-refractivity contribution in [3.8, 4) is 0 Å². The van der Waals surface area contributed by atoms with Crippen LogP contribution in [0.15, 0.2) is 42.5 Å². The van der Waals surface area contributed by atoms with Gasteiger partial charge in [0.05, 0.1) is 5.69 Å². The summed E-state index contributed by atoms with van der Waals surface area (Å²) in [5.74, 6) is 0.286. The minimum atomic E-state index is -0.200. The van der Waals surface area contributed by atoms with Crippen LogP contribution in [0.2, 0.25) is 0 Å². The van der Waals surface area contributed by atoms with Gasteiger partial charge in [-0.1, -0.05) is 37.3 Å². The Labute approximate surface area is 125 Å². The number of halogens is 1. The molecule has 2 aromatic carbocycles. The summed E-state index contributed by atoms with van der Waals surface area (Å²) in [7, 11) is 0. The molecule has 0 bridgehead atoms. The number of benzene rings is 2. The predicted molar refractivity (Wildman–Crippen MR) is 85.3 cm³/mol. The fourth-order valence-electron chi connectivity index (χ4n) is 3.19. The van der Waals surface area contributed by atoms with Gasteiger partial charge in [0.25, 0.3) is 0 Å². The highest BCUT2D eigenvalue weighted by Gasteiger charge is 2.26. The van der Waals surface area contributed by atoms with Crippen LogP contribution in [0.3, 0.4) is 0 Å². The maximum absolute atomic E-state index is 14.5. The van der Waals surface area contributed by atoms with E-state index in [9.17, 15) is 4.39 Å². The molecule has 1 heterocycles. The van der Waals surface area contributed by atoms with Crippen molar-refractivity contribution < 1.29 is 4.39 Å². The van der Waals surface area contributed by atoms with Gasteiger partial charge in [0.15, 0.2) is 0 Å². The van der Waals surface area contributed by atoms with Crippen molar-refractivity contribution >= 4 is 11.4 Å². The zero-order valence-corrected chi connectivity index (χ0v) is 12.5. The molecule has 0 aliphatic carbocycles. The lowest BCUT2D eigenvalue weighted by molar-refractivity contribution is 0.549. The van der Waals surface area contributed by atoms with Gasteiger partial charge in [-0.3, -0.25) is 0 Å². The highest BCUT2D eigenvalue weighted by molar-refractivity contribution is 5.71. The molecule has 0 saturated carbocycles. The summed E-state index contributed by atoms with van der Waals surface area (Å²) in [5.41, 5.74) is 9.92. The van der Waals surface area contributed by atoms with Gasteiger partial charge in [-0.25, -0.2) is 4.39 Å². The summed E-state index contributed by atoms with van der Waals surface area (Å²) >= 11 is 0. The third-order valence-corrected chi connectivity index (χ3v) is 4.12. The van der Waals surface area contributed by atoms with Crippen molar-refractivity contribution in [3.63, 3.8) is 0 Å². The standard InChI is InChI=1S/C18H21FN2/c1-12-10-14-6-3-4-9-17(14)21(11-12)18-15(13(2)20)7-5-8-16(18)19/h3-9,12-13H,10-11,20H2,1-2H3/t12?,13-/m1/s1. The molecule has 110 valence electrons. The molecule has 2 nitrogen and oxygen atoms in total. The molecule has 2 aromatic rings. The van der Waals surface area contributed by atoms with Gasteiger partial charge < -0.3 is 10.6 Å². The monoisotopic (exact) mass is 284 g/mol. The van der Waals surface area contributed by atoms with Crippen molar-refractivity contribution in [2.24, 2.45) is 11.7 Å². The van der Waals surface area contributed by atoms with Crippen LogP contribution >= 0.6 is 0 Å². The van der Waals surface area contributed by atoms with Gasteiger partial charge in [-0.2, -0.15) is 0 Å². The fourth-order valence-corrected chi connectivity index (χ4v) is 3.19. The number of para-hydroxylation sites is 2. The fraction of sp³-hybridized carbons (Fsp3) is 0.333. The van der Waals surface area contributed by atoms with Crippen molar-refractivity contribution in [1.29, 1.82) is 0 Å². The van der Waals surface area contributed by atoms with E-state index in [1.807, 2.05) is 25.1 Å². The summed E-state index contributed by atoms with van der Waals surface area (Å²) in [6.45, 7) is 4.92. The molecule has 0 fully saturated rings. The zero-order chi connectivity index (χ0) is 15.0. The Bertz CT molecular complexity index is 651. The average molecular weight is 284 g/mol. The van der Waals surface area contributed by atoms with E-state index in [1.54, 1.807) is 6.07 Å². The second-order valence-electron chi connectivity index (χ2n) is 6.01. The normalized spacial score (nSPS) is 19.2. The topological polar surface area (TPSA) is 29.3 Å². The molecule has 0 spiro atoms. The van der Waals surface area contributed by atoms with E-state index in [4.69, 9.17) is 5.73 Å². The summed E-state index contributed by atoms with van der Waals surface area (Å²) in [6.07, 6.45) is 1.04. The smallest absolute Gasteiger partial charge is 0.147 e. The van der Waals surface area contributed by atoms with Crippen LogP contribution in [0.5, 0.6) is 0 Å². The van der Waals surface area contributed by atoms with Crippen molar-refractivity contribution in [3.05, 3.63) is 59.4 Å². The molecule has 2 atom stereocenters. The van der Waals surface area contributed by atoms with Gasteiger partial charge in [0.1, 0.15) is 5.82 Å². The van der Waals surface area contributed by atoms with Gasteiger partial charge in [0, 0.05) is 18.3 Å². The molecule has 3 heteroatoms. The van der Waals surface area contributed by atoms with E-state index in [0.717, 1.165) is 24.2 Å². The van der Waals surface area contributed by atoms with Crippen LogP contribution in [0, 0.1) is 11.7 Å². The molecular formula is C18H21FN2. The van der Waals surface area contributed by atoms with Crippen LogP contribution in [-0.2, 0) is 6.42 Å². The summed E-state index contributed by atoms with van der Waals surface area (Å²) in [4.78, 5) is 2.09.